The van der Waals surface area contributed by atoms with Crippen LogP contribution in [0.4, 0.5) is 5.82 Å². The van der Waals surface area contributed by atoms with E-state index in [4.69, 9.17) is 4.74 Å². The zero-order valence-corrected chi connectivity index (χ0v) is 17.5. The Hall–Kier alpha value is -2.65. The van der Waals surface area contributed by atoms with Gasteiger partial charge in [-0.2, -0.15) is 0 Å². The normalized spacial score (nSPS) is 10.5. The summed E-state index contributed by atoms with van der Waals surface area (Å²) in [4.78, 5) is 16.4. The first-order valence-electron chi connectivity index (χ1n) is 8.34. The molecule has 7 nitrogen and oxygen atoms in total. The van der Waals surface area contributed by atoms with Crippen LogP contribution >= 0.6 is 27.7 Å². The molecule has 28 heavy (non-hydrogen) atoms. The predicted octanol–water partition coefficient (Wildman–Crippen LogP) is 4.03. The van der Waals surface area contributed by atoms with Gasteiger partial charge in [-0.3, -0.25) is 9.36 Å². The van der Waals surface area contributed by atoms with Crippen molar-refractivity contribution in [1.82, 2.24) is 19.7 Å². The molecule has 0 saturated carbocycles. The van der Waals surface area contributed by atoms with Gasteiger partial charge in [0.25, 0.3) is 0 Å². The number of nitrogens with one attached hydrogen (secondary N) is 1. The van der Waals surface area contributed by atoms with E-state index >= 15 is 0 Å². The summed E-state index contributed by atoms with van der Waals surface area (Å²) in [6, 6.07) is 11.1. The average molecular weight is 460 g/mol. The summed E-state index contributed by atoms with van der Waals surface area (Å²) >= 11 is 4.61. The third-order valence-electron chi connectivity index (χ3n) is 3.70. The van der Waals surface area contributed by atoms with E-state index in [1.807, 2.05) is 34.9 Å². The number of thioether (sulfide) groups is 1. The molecule has 0 radical (unpaired) electrons. The van der Waals surface area contributed by atoms with Gasteiger partial charge in [0, 0.05) is 17.2 Å². The molecule has 9 heteroatoms. The van der Waals surface area contributed by atoms with Crippen molar-refractivity contribution in [2.45, 2.75) is 11.7 Å². The fourth-order valence-electron chi connectivity index (χ4n) is 2.48. The first-order chi connectivity index (χ1) is 13.6. The number of halogens is 1. The Labute approximate surface area is 175 Å². The maximum absolute atomic E-state index is 12.2. The second-order valence-electron chi connectivity index (χ2n) is 5.60. The van der Waals surface area contributed by atoms with Crippen molar-refractivity contribution in [2.75, 3.05) is 18.2 Å². The number of hydrogen-bond acceptors (Lipinski definition) is 6. The Bertz CT molecular complexity index is 975. The topological polar surface area (TPSA) is 81.9 Å². The Kier molecular flexibility index (Phi) is 6.83. The molecule has 2 heterocycles. The van der Waals surface area contributed by atoms with E-state index in [1.165, 1.54) is 11.8 Å². The van der Waals surface area contributed by atoms with Gasteiger partial charge in [-0.25, -0.2) is 4.98 Å². The Morgan fingerprint density at radius 3 is 2.86 bits per heavy atom. The van der Waals surface area contributed by atoms with Crippen LogP contribution in [0.15, 0.2) is 64.9 Å². The van der Waals surface area contributed by atoms with Gasteiger partial charge < -0.3 is 10.1 Å². The first-order valence-corrected chi connectivity index (χ1v) is 10.1. The summed E-state index contributed by atoms with van der Waals surface area (Å²) in [6.07, 6.45) is 3.39. The van der Waals surface area contributed by atoms with Crippen molar-refractivity contribution in [1.29, 1.82) is 0 Å². The summed E-state index contributed by atoms with van der Waals surface area (Å²) in [7, 11) is 1.61. The van der Waals surface area contributed by atoms with Gasteiger partial charge in [-0.1, -0.05) is 30.0 Å². The van der Waals surface area contributed by atoms with E-state index < -0.39 is 0 Å². The monoisotopic (exact) mass is 459 g/mol. The maximum atomic E-state index is 12.2. The highest BCUT2D eigenvalue weighted by Crippen LogP contribution is 2.30. The van der Waals surface area contributed by atoms with Crippen molar-refractivity contribution in [3.63, 3.8) is 0 Å². The number of aromatic nitrogens is 4. The molecule has 1 aromatic carbocycles. The Balaban J connectivity index is 1.75. The van der Waals surface area contributed by atoms with Crippen LogP contribution in [0, 0.1) is 0 Å². The van der Waals surface area contributed by atoms with E-state index in [-0.39, 0.29) is 11.7 Å². The number of allylic oxidation sites excluding steroid dienone is 1. The van der Waals surface area contributed by atoms with Gasteiger partial charge >= 0.3 is 0 Å². The Morgan fingerprint density at radius 2 is 2.14 bits per heavy atom. The number of carbonyl (C=O) groups is 1. The lowest BCUT2D eigenvalue weighted by molar-refractivity contribution is -0.113. The summed E-state index contributed by atoms with van der Waals surface area (Å²) in [5, 5.41) is 11.9. The highest BCUT2D eigenvalue weighted by molar-refractivity contribution is 9.10. The zero-order chi connectivity index (χ0) is 19.9. The minimum absolute atomic E-state index is 0.174. The third-order valence-corrected chi connectivity index (χ3v) is 5.14. The van der Waals surface area contributed by atoms with Crippen molar-refractivity contribution in [3.8, 4) is 17.1 Å². The summed E-state index contributed by atoms with van der Waals surface area (Å²) in [5.41, 5.74) is 0.828. The number of anilines is 1. The van der Waals surface area contributed by atoms with E-state index in [9.17, 15) is 4.79 Å². The van der Waals surface area contributed by atoms with Crippen molar-refractivity contribution >= 4 is 39.4 Å². The lowest BCUT2D eigenvalue weighted by atomic mass is 10.2. The number of rotatable bonds is 8. The van der Waals surface area contributed by atoms with Gasteiger partial charge in [0.2, 0.25) is 5.91 Å². The predicted molar refractivity (Wildman–Crippen MR) is 113 cm³/mol. The van der Waals surface area contributed by atoms with Gasteiger partial charge in [0.15, 0.2) is 11.0 Å². The van der Waals surface area contributed by atoms with Crippen LogP contribution in [-0.2, 0) is 11.3 Å². The molecular weight excluding hydrogens is 442 g/mol. The minimum atomic E-state index is -0.174. The molecule has 0 unspecified atom stereocenters. The number of nitrogens with zero attached hydrogens (tertiary/aromatic N) is 4. The van der Waals surface area contributed by atoms with Crippen LogP contribution in [0.3, 0.4) is 0 Å². The van der Waals surface area contributed by atoms with Crippen LogP contribution in [0.25, 0.3) is 11.4 Å². The molecule has 1 N–H and O–H groups in total. The lowest BCUT2D eigenvalue weighted by Crippen LogP contribution is -2.15. The van der Waals surface area contributed by atoms with Gasteiger partial charge in [-0.15, -0.1) is 16.8 Å². The highest BCUT2D eigenvalue weighted by Gasteiger charge is 2.17. The van der Waals surface area contributed by atoms with Crippen LogP contribution in [0.5, 0.6) is 5.75 Å². The van der Waals surface area contributed by atoms with Crippen LogP contribution in [-0.4, -0.2) is 38.5 Å². The second-order valence-corrected chi connectivity index (χ2v) is 7.46. The molecular formula is C19H18BrN5O2S. The molecule has 0 aliphatic rings. The molecule has 0 spiro atoms. The molecule has 144 valence electrons. The number of amides is 1. The van der Waals surface area contributed by atoms with Gasteiger partial charge in [0.05, 0.1) is 18.4 Å². The minimum Gasteiger partial charge on any atom is -0.496 e. The van der Waals surface area contributed by atoms with Crippen LogP contribution in [0.1, 0.15) is 0 Å². The molecule has 2 aromatic heterocycles. The van der Waals surface area contributed by atoms with E-state index in [0.29, 0.717) is 29.1 Å². The highest BCUT2D eigenvalue weighted by atomic mass is 79.9. The van der Waals surface area contributed by atoms with Crippen LogP contribution in [0.2, 0.25) is 0 Å². The Morgan fingerprint density at radius 1 is 1.32 bits per heavy atom. The number of para-hydroxylation sites is 1. The molecule has 3 aromatic rings. The molecule has 0 atom stereocenters. The van der Waals surface area contributed by atoms with Crippen molar-refractivity contribution < 1.29 is 9.53 Å². The van der Waals surface area contributed by atoms with Crippen molar-refractivity contribution in [2.24, 2.45) is 0 Å². The molecule has 0 aliphatic heterocycles. The molecule has 0 fully saturated rings. The smallest absolute Gasteiger partial charge is 0.236 e. The fourth-order valence-corrected chi connectivity index (χ4v) is 3.46. The molecule has 0 bridgehead atoms. The van der Waals surface area contributed by atoms with Gasteiger partial charge in [0.1, 0.15) is 11.6 Å². The largest absolute Gasteiger partial charge is 0.496 e. The van der Waals surface area contributed by atoms with Crippen molar-refractivity contribution in [3.05, 3.63) is 59.7 Å². The lowest BCUT2D eigenvalue weighted by Gasteiger charge is -2.10. The summed E-state index contributed by atoms with van der Waals surface area (Å²) in [6.45, 7) is 4.32. The number of pyridine rings is 1. The van der Waals surface area contributed by atoms with E-state index in [2.05, 4.69) is 43.0 Å². The summed E-state index contributed by atoms with van der Waals surface area (Å²) < 4.78 is 8.18. The molecule has 0 saturated heterocycles. The third kappa shape index (κ3) is 4.79. The fraction of sp³-hybridized carbons (Fsp3) is 0.158. The van der Waals surface area contributed by atoms with E-state index in [1.54, 1.807) is 25.4 Å². The number of carbonyl (C=O) groups excluding carboxylic acids is 1. The summed E-state index contributed by atoms with van der Waals surface area (Å²) in [5.74, 6) is 1.87. The second kappa shape index (κ2) is 9.52. The molecule has 1 amide bonds. The number of hydrogen-bond donors (Lipinski definition) is 1. The standard InChI is InChI=1S/C19H18BrN5O2S/c1-3-10-25-18(14-6-4-5-7-15(14)27-2)23-24-19(25)28-12-17(26)22-16-9-8-13(20)11-21-16/h3-9,11H,1,10,12H2,2H3,(H,21,22,26). The van der Waals surface area contributed by atoms with Crippen LogP contribution < -0.4 is 10.1 Å². The first kappa shape index (κ1) is 20.1. The molecule has 0 aliphatic carbocycles. The van der Waals surface area contributed by atoms with E-state index in [0.717, 1.165) is 10.0 Å². The van der Waals surface area contributed by atoms with Gasteiger partial charge in [-0.05, 0) is 40.2 Å². The number of benzene rings is 1. The molecule has 3 rings (SSSR count). The number of methoxy groups -OCH3 is 1. The zero-order valence-electron chi connectivity index (χ0n) is 15.1. The number of ether oxygens (including phenoxy) is 1. The quantitative estimate of drug-likeness (QED) is 0.404. The maximum Gasteiger partial charge on any atom is 0.236 e. The SMILES string of the molecule is C=CCn1c(SCC(=O)Nc2ccc(Br)cn2)nnc1-c1ccccc1OC. The average Bonchev–Trinajstić information content (AvgIpc) is 3.11.